The third kappa shape index (κ3) is 2.61. The number of piperidine rings is 1. The number of fused-ring (bicyclic) bond motifs is 1. The molecule has 3 aliphatic rings. The standard InChI is InChI=1S/C15H24N2O4/c1-21-11-5-7-16(8-6-11)15(20)17-9-10-3-2-4-12(10)13(17)14(18)19/h10-13H,2-9H2,1H3,(H,18,19). The number of hydrogen-bond acceptors (Lipinski definition) is 3. The Hall–Kier alpha value is -1.30. The molecule has 6 nitrogen and oxygen atoms in total. The van der Waals surface area contributed by atoms with E-state index in [4.69, 9.17) is 4.74 Å². The van der Waals surface area contributed by atoms with Crippen molar-refractivity contribution in [2.24, 2.45) is 11.8 Å². The summed E-state index contributed by atoms with van der Waals surface area (Å²) in [6.45, 7) is 1.94. The van der Waals surface area contributed by atoms with Crippen LogP contribution in [0.15, 0.2) is 0 Å². The van der Waals surface area contributed by atoms with Crippen molar-refractivity contribution in [1.82, 2.24) is 9.80 Å². The van der Waals surface area contributed by atoms with Gasteiger partial charge in [-0.2, -0.15) is 0 Å². The van der Waals surface area contributed by atoms with Gasteiger partial charge in [-0.3, -0.25) is 0 Å². The van der Waals surface area contributed by atoms with Crippen molar-refractivity contribution < 1.29 is 19.4 Å². The van der Waals surface area contributed by atoms with Gasteiger partial charge in [-0.05, 0) is 37.5 Å². The second-order valence-electron chi connectivity index (χ2n) is 6.49. The van der Waals surface area contributed by atoms with Crippen molar-refractivity contribution in [3.63, 3.8) is 0 Å². The zero-order valence-electron chi connectivity index (χ0n) is 12.5. The molecule has 0 aromatic rings. The van der Waals surface area contributed by atoms with Gasteiger partial charge in [0.2, 0.25) is 0 Å². The fourth-order valence-electron chi connectivity index (χ4n) is 4.28. The first-order valence-electron chi connectivity index (χ1n) is 7.93. The number of methoxy groups -OCH3 is 1. The van der Waals surface area contributed by atoms with E-state index in [9.17, 15) is 14.7 Å². The number of likely N-dealkylation sites (tertiary alicyclic amines) is 2. The van der Waals surface area contributed by atoms with Gasteiger partial charge < -0.3 is 19.6 Å². The Kier molecular flexibility index (Phi) is 4.06. The van der Waals surface area contributed by atoms with E-state index in [0.717, 1.165) is 32.1 Å². The summed E-state index contributed by atoms with van der Waals surface area (Å²) in [5.41, 5.74) is 0. The lowest BCUT2D eigenvalue weighted by molar-refractivity contribution is -0.142. The molecule has 0 radical (unpaired) electrons. The number of ether oxygens (including phenoxy) is 1. The molecule has 3 unspecified atom stereocenters. The maximum absolute atomic E-state index is 12.7. The molecule has 2 amide bonds. The zero-order valence-corrected chi connectivity index (χ0v) is 12.5. The predicted octanol–water partition coefficient (Wildman–Crippen LogP) is 1.40. The molecular formula is C15H24N2O4. The van der Waals surface area contributed by atoms with Crippen molar-refractivity contribution in [2.75, 3.05) is 26.7 Å². The molecule has 1 N–H and O–H groups in total. The summed E-state index contributed by atoms with van der Waals surface area (Å²) < 4.78 is 5.32. The molecular weight excluding hydrogens is 272 g/mol. The minimum absolute atomic E-state index is 0.0913. The van der Waals surface area contributed by atoms with Crippen LogP contribution in [0.1, 0.15) is 32.1 Å². The van der Waals surface area contributed by atoms with Gasteiger partial charge in [-0.15, -0.1) is 0 Å². The van der Waals surface area contributed by atoms with Crippen LogP contribution >= 0.6 is 0 Å². The second-order valence-corrected chi connectivity index (χ2v) is 6.49. The molecule has 21 heavy (non-hydrogen) atoms. The van der Waals surface area contributed by atoms with Gasteiger partial charge in [0, 0.05) is 26.7 Å². The minimum atomic E-state index is -0.843. The van der Waals surface area contributed by atoms with Crippen LogP contribution in [0.25, 0.3) is 0 Å². The molecule has 0 aromatic heterocycles. The molecule has 118 valence electrons. The summed E-state index contributed by atoms with van der Waals surface area (Å²) >= 11 is 0. The molecule has 2 heterocycles. The number of carboxylic acid groups (broad SMARTS) is 1. The molecule has 2 aliphatic heterocycles. The van der Waals surface area contributed by atoms with Crippen LogP contribution < -0.4 is 0 Å². The summed E-state index contributed by atoms with van der Waals surface area (Å²) in [5.74, 6) is -0.306. The molecule has 1 aliphatic carbocycles. The molecule has 3 fully saturated rings. The molecule has 1 saturated carbocycles. The Labute approximate surface area is 125 Å². The van der Waals surface area contributed by atoms with E-state index in [1.165, 1.54) is 0 Å². The van der Waals surface area contributed by atoms with E-state index in [2.05, 4.69) is 0 Å². The summed E-state index contributed by atoms with van der Waals surface area (Å²) in [5, 5.41) is 9.53. The van der Waals surface area contributed by atoms with Gasteiger partial charge in [0.1, 0.15) is 6.04 Å². The van der Waals surface area contributed by atoms with Crippen LogP contribution in [-0.2, 0) is 9.53 Å². The quantitative estimate of drug-likeness (QED) is 0.836. The maximum atomic E-state index is 12.7. The number of hydrogen-bond donors (Lipinski definition) is 1. The average Bonchev–Trinajstić information content (AvgIpc) is 3.06. The smallest absolute Gasteiger partial charge is 0.326 e. The lowest BCUT2D eigenvalue weighted by Crippen LogP contribution is -2.52. The monoisotopic (exact) mass is 296 g/mol. The number of carbonyl (C=O) groups is 2. The van der Waals surface area contributed by atoms with E-state index in [-0.39, 0.29) is 18.1 Å². The number of amides is 2. The first-order valence-corrected chi connectivity index (χ1v) is 7.93. The van der Waals surface area contributed by atoms with Gasteiger partial charge in [0.15, 0.2) is 0 Å². The second kappa shape index (κ2) is 5.83. The number of rotatable bonds is 2. The molecule has 2 saturated heterocycles. The largest absolute Gasteiger partial charge is 0.480 e. The Morgan fingerprint density at radius 1 is 1.14 bits per heavy atom. The van der Waals surface area contributed by atoms with Crippen LogP contribution in [-0.4, -0.2) is 65.8 Å². The molecule has 6 heteroatoms. The van der Waals surface area contributed by atoms with Crippen LogP contribution in [0, 0.1) is 11.8 Å². The van der Waals surface area contributed by atoms with E-state index >= 15 is 0 Å². The Bertz CT molecular complexity index is 420. The normalized spacial score (nSPS) is 33.3. The molecule has 3 rings (SSSR count). The third-order valence-electron chi connectivity index (χ3n) is 5.43. The van der Waals surface area contributed by atoms with Gasteiger partial charge in [0.25, 0.3) is 0 Å². The van der Waals surface area contributed by atoms with Crippen molar-refractivity contribution in [2.45, 2.75) is 44.2 Å². The van der Waals surface area contributed by atoms with E-state index in [1.807, 2.05) is 0 Å². The Morgan fingerprint density at radius 3 is 2.48 bits per heavy atom. The Morgan fingerprint density at radius 2 is 1.86 bits per heavy atom. The highest BCUT2D eigenvalue weighted by Crippen LogP contribution is 2.42. The summed E-state index contributed by atoms with van der Waals surface area (Å²) in [4.78, 5) is 27.7. The van der Waals surface area contributed by atoms with Gasteiger partial charge in [-0.1, -0.05) is 6.42 Å². The number of aliphatic carboxylic acids is 1. The SMILES string of the molecule is COC1CCN(C(=O)N2CC3CCCC3C2C(=O)O)CC1. The van der Waals surface area contributed by atoms with Crippen LogP contribution in [0.4, 0.5) is 4.79 Å². The lowest BCUT2D eigenvalue weighted by Gasteiger charge is -2.35. The number of carboxylic acids is 1. The highest BCUT2D eigenvalue weighted by molar-refractivity contribution is 5.84. The molecule has 0 aromatic carbocycles. The van der Waals surface area contributed by atoms with E-state index < -0.39 is 12.0 Å². The summed E-state index contributed by atoms with van der Waals surface area (Å²) in [6.07, 6.45) is 4.99. The summed E-state index contributed by atoms with van der Waals surface area (Å²) in [6, 6.07) is -0.712. The number of nitrogens with zero attached hydrogens (tertiary/aromatic N) is 2. The van der Waals surface area contributed by atoms with Gasteiger partial charge in [0.05, 0.1) is 6.10 Å². The van der Waals surface area contributed by atoms with E-state index in [0.29, 0.717) is 25.6 Å². The Balaban J connectivity index is 1.68. The first-order chi connectivity index (χ1) is 10.1. The highest BCUT2D eigenvalue weighted by atomic mass is 16.5. The van der Waals surface area contributed by atoms with Gasteiger partial charge in [-0.25, -0.2) is 9.59 Å². The highest BCUT2D eigenvalue weighted by Gasteiger charge is 2.50. The maximum Gasteiger partial charge on any atom is 0.326 e. The molecule has 0 spiro atoms. The number of urea groups is 1. The van der Waals surface area contributed by atoms with Crippen molar-refractivity contribution in [3.8, 4) is 0 Å². The zero-order chi connectivity index (χ0) is 15.0. The molecule has 0 bridgehead atoms. The van der Waals surface area contributed by atoms with Crippen molar-refractivity contribution >= 4 is 12.0 Å². The fourth-order valence-corrected chi connectivity index (χ4v) is 4.28. The fraction of sp³-hybridized carbons (Fsp3) is 0.867. The topological polar surface area (TPSA) is 70.1 Å². The van der Waals surface area contributed by atoms with E-state index in [1.54, 1.807) is 16.9 Å². The lowest BCUT2D eigenvalue weighted by atomic mass is 9.94. The minimum Gasteiger partial charge on any atom is -0.480 e. The average molecular weight is 296 g/mol. The number of carbonyl (C=O) groups excluding carboxylic acids is 1. The van der Waals surface area contributed by atoms with Crippen molar-refractivity contribution in [3.05, 3.63) is 0 Å². The van der Waals surface area contributed by atoms with Crippen LogP contribution in [0.5, 0.6) is 0 Å². The summed E-state index contributed by atoms with van der Waals surface area (Å²) in [7, 11) is 1.70. The first kappa shape index (κ1) is 14.6. The van der Waals surface area contributed by atoms with Crippen molar-refractivity contribution in [1.29, 1.82) is 0 Å². The van der Waals surface area contributed by atoms with Gasteiger partial charge >= 0.3 is 12.0 Å². The third-order valence-corrected chi connectivity index (χ3v) is 5.43. The molecule has 3 atom stereocenters. The van der Waals surface area contributed by atoms with Crippen LogP contribution in [0.2, 0.25) is 0 Å². The predicted molar refractivity (Wildman–Crippen MR) is 76.0 cm³/mol. The van der Waals surface area contributed by atoms with Crippen LogP contribution in [0.3, 0.4) is 0 Å².